The van der Waals surface area contributed by atoms with Gasteiger partial charge in [-0.15, -0.1) is 0 Å². The maximum absolute atomic E-state index is 6.05. The molecule has 25 heavy (non-hydrogen) atoms. The van der Waals surface area contributed by atoms with E-state index in [1.54, 1.807) is 0 Å². The highest BCUT2D eigenvalue weighted by molar-refractivity contribution is 6.08. The second-order valence-electron chi connectivity index (χ2n) is 6.89. The van der Waals surface area contributed by atoms with Crippen molar-refractivity contribution in [1.29, 1.82) is 0 Å². The van der Waals surface area contributed by atoms with Gasteiger partial charge in [-0.05, 0) is 57.0 Å². The molecule has 0 unspecified atom stereocenters. The van der Waals surface area contributed by atoms with E-state index in [2.05, 4.69) is 72.8 Å². The van der Waals surface area contributed by atoms with Crippen LogP contribution in [-0.4, -0.2) is 6.61 Å². The molecule has 1 heterocycles. The molecule has 0 spiro atoms. The van der Waals surface area contributed by atoms with Crippen LogP contribution in [0.15, 0.2) is 66.7 Å². The molecule has 0 atom stereocenters. The summed E-state index contributed by atoms with van der Waals surface area (Å²) in [6.07, 6.45) is 5.35. The van der Waals surface area contributed by atoms with Crippen molar-refractivity contribution < 1.29 is 4.74 Å². The molecule has 4 aromatic carbocycles. The number of benzene rings is 4. The Hall–Kier alpha value is -3.06. The molecule has 0 amide bonds. The second kappa shape index (κ2) is 4.73. The average molecular weight is 320 g/mol. The van der Waals surface area contributed by atoms with E-state index < -0.39 is 0 Å². The Kier molecular flexibility index (Phi) is 2.51. The summed E-state index contributed by atoms with van der Waals surface area (Å²) >= 11 is 0. The van der Waals surface area contributed by atoms with E-state index >= 15 is 0 Å². The summed E-state index contributed by atoms with van der Waals surface area (Å²) in [4.78, 5) is 0. The molecular weight excluding hydrogens is 304 g/mol. The van der Waals surface area contributed by atoms with Crippen LogP contribution < -0.4 is 4.74 Å². The fourth-order valence-electron chi connectivity index (χ4n) is 4.46. The van der Waals surface area contributed by atoms with E-state index in [0.717, 1.165) is 12.2 Å². The highest BCUT2D eigenvalue weighted by atomic mass is 16.5. The molecule has 118 valence electrons. The number of ether oxygens (including phenoxy) is 1. The van der Waals surface area contributed by atoms with Gasteiger partial charge in [0.25, 0.3) is 0 Å². The molecule has 0 radical (unpaired) electrons. The number of hydrogen-bond acceptors (Lipinski definition) is 1. The first kappa shape index (κ1) is 13.3. The summed E-state index contributed by atoms with van der Waals surface area (Å²) in [6, 6.07) is 22.0. The van der Waals surface area contributed by atoms with Gasteiger partial charge in [-0.2, -0.15) is 0 Å². The van der Waals surface area contributed by atoms with Crippen LogP contribution in [0.1, 0.15) is 16.7 Å². The molecule has 1 heteroatoms. The first-order chi connectivity index (χ1) is 12.4. The van der Waals surface area contributed by atoms with Crippen molar-refractivity contribution in [2.45, 2.75) is 6.42 Å². The smallest absolute Gasteiger partial charge is 0.135 e. The SMILES string of the molecule is C1=Cc2c3c(c4ccccc4c2OC1)-c1cc2ccccc2cc1C3. The summed E-state index contributed by atoms with van der Waals surface area (Å²) in [5.41, 5.74) is 6.87. The Morgan fingerprint density at radius 2 is 1.56 bits per heavy atom. The molecule has 1 aliphatic heterocycles. The van der Waals surface area contributed by atoms with Gasteiger partial charge >= 0.3 is 0 Å². The highest BCUT2D eigenvalue weighted by Gasteiger charge is 2.27. The van der Waals surface area contributed by atoms with E-state index in [1.165, 1.54) is 49.4 Å². The Bertz CT molecular complexity index is 1210. The minimum atomic E-state index is 0.659. The van der Waals surface area contributed by atoms with E-state index in [-0.39, 0.29) is 0 Å². The van der Waals surface area contributed by atoms with Crippen molar-refractivity contribution in [3.05, 3.63) is 83.4 Å². The lowest BCUT2D eigenvalue weighted by Crippen LogP contribution is -2.04. The Labute approximate surface area is 146 Å². The predicted molar refractivity (Wildman–Crippen MR) is 104 cm³/mol. The highest BCUT2D eigenvalue weighted by Crippen LogP contribution is 2.49. The molecule has 6 rings (SSSR count). The van der Waals surface area contributed by atoms with Gasteiger partial charge in [0.05, 0.1) is 0 Å². The zero-order valence-corrected chi connectivity index (χ0v) is 13.8. The topological polar surface area (TPSA) is 9.23 Å². The van der Waals surface area contributed by atoms with E-state index in [1.807, 2.05) is 0 Å². The van der Waals surface area contributed by atoms with Crippen LogP contribution >= 0.6 is 0 Å². The van der Waals surface area contributed by atoms with Crippen LogP contribution in [0.4, 0.5) is 0 Å². The van der Waals surface area contributed by atoms with Crippen LogP contribution in [0.3, 0.4) is 0 Å². The summed E-state index contributed by atoms with van der Waals surface area (Å²) in [6.45, 7) is 0.659. The first-order valence-corrected chi connectivity index (χ1v) is 8.79. The number of hydrogen-bond donors (Lipinski definition) is 0. The van der Waals surface area contributed by atoms with Gasteiger partial charge in [0.1, 0.15) is 12.4 Å². The van der Waals surface area contributed by atoms with E-state index in [4.69, 9.17) is 4.74 Å². The Balaban J connectivity index is 1.78. The fraction of sp³-hybridized carbons (Fsp3) is 0.0833. The lowest BCUT2D eigenvalue weighted by molar-refractivity contribution is 0.362. The molecule has 0 saturated carbocycles. The van der Waals surface area contributed by atoms with E-state index in [0.29, 0.717) is 6.61 Å². The van der Waals surface area contributed by atoms with Crippen molar-refractivity contribution in [2.24, 2.45) is 0 Å². The van der Waals surface area contributed by atoms with Crippen LogP contribution in [-0.2, 0) is 6.42 Å². The van der Waals surface area contributed by atoms with Crippen LogP contribution in [0.5, 0.6) is 5.75 Å². The molecule has 2 aliphatic rings. The molecular formula is C24H16O. The normalized spacial score (nSPS) is 14.2. The van der Waals surface area contributed by atoms with Crippen LogP contribution in [0, 0.1) is 0 Å². The summed E-state index contributed by atoms with van der Waals surface area (Å²) < 4.78 is 6.05. The Morgan fingerprint density at radius 3 is 2.44 bits per heavy atom. The molecule has 0 saturated heterocycles. The first-order valence-electron chi connectivity index (χ1n) is 8.79. The molecule has 0 bridgehead atoms. The molecule has 1 nitrogen and oxygen atoms in total. The van der Waals surface area contributed by atoms with Gasteiger partial charge in [-0.25, -0.2) is 0 Å². The van der Waals surface area contributed by atoms with Gasteiger partial charge < -0.3 is 4.74 Å². The lowest BCUT2D eigenvalue weighted by Gasteiger charge is -2.19. The molecule has 0 N–H and O–H groups in total. The van der Waals surface area contributed by atoms with Crippen molar-refractivity contribution >= 4 is 27.6 Å². The van der Waals surface area contributed by atoms with Crippen LogP contribution in [0.25, 0.3) is 38.7 Å². The van der Waals surface area contributed by atoms with E-state index in [9.17, 15) is 0 Å². The Morgan fingerprint density at radius 1 is 0.800 bits per heavy atom. The standard InChI is InChI=1S/C24H16O/c1-2-7-16-13-21-17(12-15(16)6-1)14-22-20-10-5-11-25-24(20)19-9-4-3-8-18(19)23(21)22/h1-10,12-13H,11,14H2. The minimum absolute atomic E-state index is 0.659. The number of fused-ring (bicyclic) bond motifs is 9. The quantitative estimate of drug-likeness (QED) is 0.341. The van der Waals surface area contributed by atoms with Gasteiger partial charge in [-0.1, -0.05) is 60.7 Å². The molecule has 0 fully saturated rings. The molecule has 0 aromatic heterocycles. The fourth-order valence-corrected chi connectivity index (χ4v) is 4.46. The number of rotatable bonds is 0. The molecule has 4 aromatic rings. The third kappa shape index (κ3) is 1.73. The maximum atomic E-state index is 6.05. The van der Waals surface area contributed by atoms with Crippen molar-refractivity contribution in [1.82, 2.24) is 0 Å². The van der Waals surface area contributed by atoms with Gasteiger partial charge in [0.2, 0.25) is 0 Å². The predicted octanol–water partition coefficient (Wildman–Crippen LogP) is 5.97. The van der Waals surface area contributed by atoms with Crippen molar-refractivity contribution in [3.8, 4) is 16.9 Å². The maximum Gasteiger partial charge on any atom is 0.135 e. The third-order valence-corrected chi connectivity index (χ3v) is 5.53. The van der Waals surface area contributed by atoms with Gasteiger partial charge in [0.15, 0.2) is 0 Å². The van der Waals surface area contributed by atoms with Gasteiger partial charge in [-0.3, -0.25) is 0 Å². The van der Waals surface area contributed by atoms with Crippen molar-refractivity contribution in [2.75, 3.05) is 6.61 Å². The summed E-state index contributed by atoms with van der Waals surface area (Å²) in [5, 5.41) is 5.16. The third-order valence-electron chi connectivity index (χ3n) is 5.53. The zero-order chi connectivity index (χ0) is 16.4. The average Bonchev–Trinajstić information content (AvgIpc) is 3.05. The molecule has 1 aliphatic carbocycles. The summed E-state index contributed by atoms with van der Waals surface area (Å²) in [5.74, 6) is 1.05. The minimum Gasteiger partial charge on any atom is -0.488 e. The largest absolute Gasteiger partial charge is 0.488 e. The summed E-state index contributed by atoms with van der Waals surface area (Å²) in [7, 11) is 0. The van der Waals surface area contributed by atoms with Gasteiger partial charge in [0, 0.05) is 10.9 Å². The zero-order valence-electron chi connectivity index (χ0n) is 13.8. The van der Waals surface area contributed by atoms with Crippen molar-refractivity contribution in [3.63, 3.8) is 0 Å². The van der Waals surface area contributed by atoms with Crippen LogP contribution in [0.2, 0.25) is 0 Å². The lowest BCUT2D eigenvalue weighted by atomic mass is 9.91. The second-order valence-corrected chi connectivity index (χ2v) is 6.89. The monoisotopic (exact) mass is 320 g/mol.